The maximum Gasteiger partial charge on any atom is 0.411 e. The molecule has 0 bridgehead atoms. The monoisotopic (exact) mass is 503 g/mol. The first-order chi connectivity index (χ1) is 12.4. The summed E-state index contributed by atoms with van der Waals surface area (Å²) < 4.78 is 45.8. The van der Waals surface area contributed by atoms with Crippen LogP contribution in [0.25, 0.3) is 0 Å². The molecule has 0 aromatic heterocycles. The van der Waals surface area contributed by atoms with Gasteiger partial charge in [0.1, 0.15) is 12.4 Å². The number of ether oxygens (including phenoxy) is 2. The molecule has 1 aromatic rings. The quantitative estimate of drug-likeness (QED) is 0.222. The van der Waals surface area contributed by atoms with Crippen molar-refractivity contribution < 1.29 is 22.6 Å². The first kappa shape index (κ1) is 25.8. The van der Waals surface area contributed by atoms with Crippen molar-refractivity contribution in [3.8, 4) is 5.75 Å². The highest BCUT2D eigenvalue weighted by Crippen LogP contribution is 2.19. The second kappa shape index (κ2) is 13.9. The molecular weight excluding hydrogens is 474 g/mol. The molecule has 2 N–H and O–H groups in total. The number of nitrogens with zero attached hydrogens (tertiary/aromatic N) is 1. The summed E-state index contributed by atoms with van der Waals surface area (Å²) in [5.41, 5.74) is 2.24. The molecule has 156 valence electrons. The van der Waals surface area contributed by atoms with E-state index in [0.29, 0.717) is 32.0 Å². The summed E-state index contributed by atoms with van der Waals surface area (Å²) in [5.74, 6) is 1.50. The van der Waals surface area contributed by atoms with Crippen LogP contribution in [0.5, 0.6) is 5.75 Å². The van der Waals surface area contributed by atoms with Crippen LogP contribution in [-0.2, 0) is 11.2 Å². The molecule has 0 aliphatic carbocycles. The van der Waals surface area contributed by atoms with E-state index in [1.54, 1.807) is 7.11 Å². The highest BCUT2D eigenvalue weighted by Gasteiger charge is 2.27. The predicted molar refractivity (Wildman–Crippen MR) is 112 cm³/mol. The Labute approximate surface area is 176 Å². The number of hydrogen-bond acceptors (Lipinski definition) is 3. The van der Waals surface area contributed by atoms with Crippen LogP contribution in [0.15, 0.2) is 23.2 Å². The molecular formula is C18H29F3IN3O2. The largest absolute Gasteiger partial charge is 0.496 e. The van der Waals surface area contributed by atoms with Crippen LogP contribution < -0.4 is 15.4 Å². The van der Waals surface area contributed by atoms with Gasteiger partial charge in [0.2, 0.25) is 0 Å². The molecule has 0 amide bonds. The van der Waals surface area contributed by atoms with E-state index in [1.807, 2.05) is 26.0 Å². The average Bonchev–Trinajstić information content (AvgIpc) is 2.58. The van der Waals surface area contributed by atoms with Gasteiger partial charge in [0.15, 0.2) is 5.96 Å². The number of methoxy groups -OCH3 is 1. The molecule has 0 saturated heterocycles. The van der Waals surface area contributed by atoms with E-state index in [9.17, 15) is 13.2 Å². The number of rotatable bonds is 10. The topological polar surface area (TPSA) is 54.9 Å². The molecule has 9 heteroatoms. The van der Waals surface area contributed by atoms with Gasteiger partial charge in [0.25, 0.3) is 0 Å². The predicted octanol–water partition coefficient (Wildman–Crippen LogP) is 3.69. The van der Waals surface area contributed by atoms with Crippen molar-refractivity contribution in [1.29, 1.82) is 0 Å². The van der Waals surface area contributed by atoms with Gasteiger partial charge in [0, 0.05) is 26.2 Å². The van der Waals surface area contributed by atoms with Crippen molar-refractivity contribution in [3.63, 3.8) is 0 Å². The highest BCUT2D eigenvalue weighted by molar-refractivity contribution is 14.0. The maximum atomic E-state index is 12.0. The van der Waals surface area contributed by atoms with Gasteiger partial charge in [-0.2, -0.15) is 13.2 Å². The third-order valence-corrected chi connectivity index (χ3v) is 3.51. The number of nitrogens with one attached hydrogen (secondary N) is 2. The van der Waals surface area contributed by atoms with Crippen LogP contribution in [0, 0.1) is 6.92 Å². The lowest BCUT2D eigenvalue weighted by atomic mass is 10.1. The fraction of sp³-hybridized carbons (Fsp3) is 0.611. The number of alkyl halides is 3. The number of aliphatic imine (C=N–C) groups is 1. The van der Waals surface area contributed by atoms with Gasteiger partial charge < -0.3 is 20.1 Å². The van der Waals surface area contributed by atoms with Gasteiger partial charge in [-0.25, -0.2) is 0 Å². The summed E-state index contributed by atoms with van der Waals surface area (Å²) in [5, 5.41) is 6.32. The summed E-state index contributed by atoms with van der Waals surface area (Å²) in [6, 6.07) is 6.09. The molecule has 1 aromatic carbocycles. The molecule has 27 heavy (non-hydrogen) atoms. The van der Waals surface area contributed by atoms with Crippen molar-refractivity contribution in [2.45, 2.75) is 32.9 Å². The number of guanidine groups is 1. The van der Waals surface area contributed by atoms with Crippen molar-refractivity contribution >= 4 is 29.9 Å². The molecule has 0 radical (unpaired) electrons. The second-order valence-corrected chi connectivity index (χ2v) is 5.76. The first-order valence-electron chi connectivity index (χ1n) is 8.66. The van der Waals surface area contributed by atoms with Gasteiger partial charge in [-0.1, -0.05) is 12.1 Å². The minimum atomic E-state index is -4.28. The molecule has 1 rings (SSSR count). The molecule has 0 aliphatic heterocycles. The molecule has 0 fully saturated rings. The normalized spacial score (nSPS) is 11.7. The Kier molecular flexibility index (Phi) is 13.2. The molecule has 0 saturated carbocycles. The zero-order valence-corrected chi connectivity index (χ0v) is 18.3. The van der Waals surface area contributed by atoms with E-state index in [2.05, 4.69) is 26.4 Å². The van der Waals surface area contributed by atoms with E-state index < -0.39 is 12.8 Å². The summed E-state index contributed by atoms with van der Waals surface area (Å²) in [4.78, 5) is 4.33. The smallest absolute Gasteiger partial charge is 0.411 e. The van der Waals surface area contributed by atoms with E-state index in [-0.39, 0.29) is 30.6 Å². The summed E-state index contributed by atoms with van der Waals surface area (Å²) >= 11 is 0. The molecule has 0 spiro atoms. The summed E-state index contributed by atoms with van der Waals surface area (Å²) in [7, 11) is 1.65. The zero-order chi connectivity index (χ0) is 19.4. The SMILES string of the molecule is CCNC(=NCCCOCC(F)(F)F)NCCc1ccc(C)c(OC)c1.I. The highest BCUT2D eigenvalue weighted by atomic mass is 127. The van der Waals surface area contributed by atoms with Crippen LogP contribution in [0.1, 0.15) is 24.5 Å². The lowest BCUT2D eigenvalue weighted by molar-refractivity contribution is -0.173. The lowest BCUT2D eigenvalue weighted by Gasteiger charge is -2.12. The molecule has 0 atom stereocenters. The Balaban J connectivity index is 0.00000676. The maximum absolute atomic E-state index is 12.0. The lowest BCUT2D eigenvalue weighted by Crippen LogP contribution is -2.38. The van der Waals surface area contributed by atoms with Crippen LogP contribution in [-0.4, -0.2) is 52.1 Å². The molecule has 0 unspecified atom stereocenters. The number of aryl methyl sites for hydroxylation is 1. The van der Waals surface area contributed by atoms with Crippen molar-refractivity contribution in [3.05, 3.63) is 29.3 Å². The van der Waals surface area contributed by atoms with E-state index >= 15 is 0 Å². The van der Waals surface area contributed by atoms with Crippen molar-refractivity contribution in [2.24, 2.45) is 4.99 Å². The Bertz CT molecular complexity index is 569. The third-order valence-electron chi connectivity index (χ3n) is 3.51. The van der Waals surface area contributed by atoms with Crippen LogP contribution in [0.3, 0.4) is 0 Å². The minimum absolute atomic E-state index is 0. The number of benzene rings is 1. The van der Waals surface area contributed by atoms with Gasteiger partial charge in [-0.3, -0.25) is 4.99 Å². The fourth-order valence-electron chi connectivity index (χ4n) is 2.23. The van der Waals surface area contributed by atoms with Gasteiger partial charge in [-0.15, -0.1) is 24.0 Å². The van der Waals surface area contributed by atoms with Crippen LogP contribution >= 0.6 is 24.0 Å². The minimum Gasteiger partial charge on any atom is -0.496 e. The van der Waals surface area contributed by atoms with E-state index in [0.717, 1.165) is 23.3 Å². The van der Waals surface area contributed by atoms with E-state index in [1.165, 1.54) is 0 Å². The van der Waals surface area contributed by atoms with Crippen molar-refractivity contribution in [1.82, 2.24) is 10.6 Å². The molecule has 5 nitrogen and oxygen atoms in total. The van der Waals surface area contributed by atoms with Crippen LogP contribution in [0.4, 0.5) is 13.2 Å². The van der Waals surface area contributed by atoms with E-state index in [4.69, 9.17) is 4.74 Å². The first-order valence-corrected chi connectivity index (χ1v) is 8.66. The van der Waals surface area contributed by atoms with Crippen molar-refractivity contribution in [2.75, 3.05) is 40.0 Å². The third kappa shape index (κ3) is 12.0. The van der Waals surface area contributed by atoms with Crippen LogP contribution in [0.2, 0.25) is 0 Å². The Morgan fingerprint density at radius 1 is 1.22 bits per heavy atom. The molecule has 0 aliphatic rings. The Hall–Kier alpha value is -1.23. The Morgan fingerprint density at radius 3 is 2.59 bits per heavy atom. The fourth-order valence-corrected chi connectivity index (χ4v) is 2.23. The van der Waals surface area contributed by atoms with Gasteiger partial charge >= 0.3 is 6.18 Å². The zero-order valence-electron chi connectivity index (χ0n) is 16.0. The number of hydrogen-bond donors (Lipinski definition) is 2. The Morgan fingerprint density at radius 2 is 1.96 bits per heavy atom. The summed E-state index contributed by atoms with van der Waals surface area (Å²) in [6.45, 7) is 4.55. The average molecular weight is 503 g/mol. The molecule has 0 heterocycles. The van der Waals surface area contributed by atoms with Gasteiger partial charge in [0.05, 0.1) is 7.11 Å². The summed E-state index contributed by atoms with van der Waals surface area (Å²) in [6.07, 6.45) is -3.05. The standard InChI is InChI=1S/C18H28F3N3O2.HI/c1-4-22-17(23-9-5-11-26-13-18(19,20)21)24-10-8-15-7-6-14(2)16(12-15)25-3;/h6-7,12H,4-5,8-11,13H2,1-3H3,(H2,22,23,24);1H. The van der Waals surface area contributed by atoms with Gasteiger partial charge in [-0.05, 0) is 43.9 Å². The number of halogens is 4. The second-order valence-electron chi connectivity index (χ2n) is 5.76.